The number of para-hydroxylation sites is 1. The fourth-order valence-electron chi connectivity index (χ4n) is 4.48. The van der Waals surface area contributed by atoms with Crippen molar-refractivity contribution in [3.8, 4) is 5.69 Å². The Morgan fingerprint density at radius 1 is 0.900 bits per heavy atom. The number of aromatic amines is 1. The van der Waals surface area contributed by atoms with Crippen molar-refractivity contribution in [1.29, 1.82) is 0 Å². The van der Waals surface area contributed by atoms with Crippen LogP contribution in [0.2, 0.25) is 0 Å². The first-order valence-electron chi connectivity index (χ1n) is 12.6. The second-order valence-electron chi connectivity index (χ2n) is 9.13. The number of carbonyl (C=O) groups excluding carboxylic acids is 2. The summed E-state index contributed by atoms with van der Waals surface area (Å²) in [7, 11) is 0. The minimum absolute atomic E-state index is 0.131. The number of nitrogens with zero attached hydrogens (tertiary/aromatic N) is 5. The smallest absolute Gasteiger partial charge is 0.288 e. The number of hydrogen-bond donors (Lipinski definition) is 2. The van der Waals surface area contributed by atoms with Gasteiger partial charge in [-0.2, -0.15) is 5.10 Å². The van der Waals surface area contributed by atoms with Crippen LogP contribution in [0.3, 0.4) is 0 Å². The first-order chi connectivity index (χ1) is 19.5. The number of amides is 2. The molecule has 0 saturated heterocycles. The molecule has 5 aromatic rings. The molecule has 0 saturated carbocycles. The maximum Gasteiger partial charge on any atom is 0.288 e. The fourth-order valence-corrected chi connectivity index (χ4v) is 4.48. The summed E-state index contributed by atoms with van der Waals surface area (Å²) in [4.78, 5) is 51.5. The number of hydrogen-bond acceptors (Lipinski definition) is 6. The van der Waals surface area contributed by atoms with E-state index in [1.807, 2.05) is 78.9 Å². The summed E-state index contributed by atoms with van der Waals surface area (Å²) >= 11 is 0. The zero-order valence-corrected chi connectivity index (χ0v) is 21.4. The molecule has 10 nitrogen and oxygen atoms in total. The van der Waals surface area contributed by atoms with Gasteiger partial charge in [-0.1, -0.05) is 78.9 Å². The van der Waals surface area contributed by atoms with Crippen LogP contribution >= 0.6 is 0 Å². The van der Waals surface area contributed by atoms with E-state index in [4.69, 9.17) is 0 Å². The third-order valence-electron chi connectivity index (χ3n) is 6.35. The minimum atomic E-state index is -0.536. The van der Waals surface area contributed by atoms with E-state index in [-0.39, 0.29) is 23.8 Å². The van der Waals surface area contributed by atoms with Crippen LogP contribution in [0.4, 0.5) is 0 Å². The zero-order valence-electron chi connectivity index (χ0n) is 21.4. The molecular formula is C30H23N7O3. The van der Waals surface area contributed by atoms with Crippen molar-refractivity contribution in [3.63, 3.8) is 0 Å². The van der Waals surface area contributed by atoms with E-state index in [1.54, 1.807) is 29.8 Å². The van der Waals surface area contributed by atoms with Gasteiger partial charge in [-0.25, -0.2) is 19.7 Å². The minimum Gasteiger partial charge on any atom is -0.309 e. The van der Waals surface area contributed by atoms with Gasteiger partial charge in [-0.3, -0.25) is 19.8 Å². The Morgan fingerprint density at radius 2 is 1.55 bits per heavy atom. The van der Waals surface area contributed by atoms with Crippen molar-refractivity contribution in [2.24, 2.45) is 4.99 Å². The van der Waals surface area contributed by atoms with Gasteiger partial charge in [0.25, 0.3) is 17.4 Å². The molecule has 0 bridgehead atoms. The van der Waals surface area contributed by atoms with Gasteiger partial charge in [0.15, 0.2) is 11.5 Å². The number of hydrazine groups is 1. The van der Waals surface area contributed by atoms with Crippen molar-refractivity contribution in [1.82, 2.24) is 30.2 Å². The SMILES string of the molecule is Cc1nn(-c2ccccc2)c2nc(CC(=O)N3NC(=O)/C(=C\c4ccccc4)N=C3c3ccccc3)[nH]c(=O)c12. The largest absolute Gasteiger partial charge is 0.309 e. The van der Waals surface area contributed by atoms with Crippen LogP contribution in [0.1, 0.15) is 22.6 Å². The van der Waals surface area contributed by atoms with Crippen LogP contribution in [0, 0.1) is 6.92 Å². The highest BCUT2D eigenvalue weighted by Crippen LogP contribution is 2.19. The van der Waals surface area contributed by atoms with Crippen LogP contribution in [-0.2, 0) is 16.0 Å². The number of H-pyrrole nitrogens is 1. The third kappa shape index (κ3) is 4.69. The van der Waals surface area contributed by atoms with Crippen LogP contribution in [0.15, 0.2) is 106 Å². The maximum absolute atomic E-state index is 13.6. The molecule has 2 aromatic heterocycles. The van der Waals surface area contributed by atoms with Gasteiger partial charge < -0.3 is 4.98 Å². The van der Waals surface area contributed by atoms with Crippen molar-refractivity contribution in [3.05, 3.63) is 130 Å². The lowest BCUT2D eigenvalue weighted by Gasteiger charge is -2.28. The van der Waals surface area contributed by atoms with Crippen LogP contribution < -0.4 is 11.0 Å². The van der Waals surface area contributed by atoms with E-state index in [9.17, 15) is 14.4 Å². The third-order valence-corrected chi connectivity index (χ3v) is 6.35. The maximum atomic E-state index is 13.6. The van der Waals surface area contributed by atoms with Gasteiger partial charge in [-0.15, -0.1) is 0 Å². The van der Waals surface area contributed by atoms with E-state index >= 15 is 0 Å². The highest BCUT2D eigenvalue weighted by Gasteiger charge is 2.30. The first kappa shape index (κ1) is 24.7. The Hall–Kier alpha value is -5.64. The summed E-state index contributed by atoms with van der Waals surface area (Å²) in [6, 6.07) is 27.7. The van der Waals surface area contributed by atoms with Gasteiger partial charge in [-0.05, 0) is 30.7 Å². The van der Waals surface area contributed by atoms with Crippen molar-refractivity contribution in [2.75, 3.05) is 0 Å². The molecule has 0 fully saturated rings. The number of rotatable bonds is 5. The lowest BCUT2D eigenvalue weighted by molar-refractivity contribution is -0.135. The highest BCUT2D eigenvalue weighted by molar-refractivity contribution is 6.15. The molecule has 0 atom stereocenters. The topological polar surface area (TPSA) is 125 Å². The summed E-state index contributed by atoms with van der Waals surface area (Å²) < 4.78 is 1.58. The molecular weight excluding hydrogens is 506 g/mol. The predicted molar refractivity (Wildman–Crippen MR) is 150 cm³/mol. The van der Waals surface area contributed by atoms with E-state index in [2.05, 4.69) is 25.5 Å². The molecule has 2 amide bonds. The molecule has 0 unspecified atom stereocenters. The van der Waals surface area contributed by atoms with E-state index < -0.39 is 17.4 Å². The molecule has 1 aliphatic rings. The Morgan fingerprint density at radius 3 is 2.25 bits per heavy atom. The number of fused-ring (bicyclic) bond motifs is 1. The molecule has 10 heteroatoms. The summed E-state index contributed by atoms with van der Waals surface area (Å²) in [5.74, 6) is -0.681. The van der Waals surface area contributed by atoms with Crippen molar-refractivity contribution < 1.29 is 9.59 Å². The van der Waals surface area contributed by atoms with Crippen LogP contribution in [0.5, 0.6) is 0 Å². The molecule has 6 rings (SSSR count). The summed E-state index contributed by atoms with van der Waals surface area (Å²) in [5.41, 5.74) is 5.42. The molecule has 0 aliphatic carbocycles. The molecule has 3 heterocycles. The average Bonchev–Trinajstić information content (AvgIpc) is 3.31. The van der Waals surface area contributed by atoms with Crippen LogP contribution in [0.25, 0.3) is 22.8 Å². The molecule has 2 N–H and O–H groups in total. The van der Waals surface area contributed by atoms with Gasteiger partial charge in [0.05, 0.1) is 17.8 Å². The number of carbonyl (C=O) groups is 2. The number of aryl methyl sites for hydroxylation is 1. The van der Waals surface area contributed by atoms with E-state index in [0.29, 0.717) is 22.3 Å². The predicted octanol–water partition coefficient (Wildman–Crippen LogP) is 3.32. The molecule has 3 aromatic carbocycles. The Kier molecular flexibility index (Phi) is 6.33. The lowest BCUT2D eigenvalue weighted by Crippen LogP contribution is -2.54. The molecule has 0 radical (unpaired) electrons. The monoisotopic (exact) mass is 529 g/mol. The molecule has 196 valence electrons. The number of aromatic nitrogens is 4. The first-order valence-corrected chi connectivity index (χ1v) is 12.6. The average molecular weight is 530 g/mol. The van der Waals surface area contributed by atoms with Crippen molar-refractivity contribution >= 4 is 34.8 Å². The number of nitrogens with one attached hydrogen (secondary N) is 2. The quantitative estimate of drug-likeness (QED) is 0.338. The van der Waals surface area contributed by atoms with Gasteiger partial charge >= 0.3 is 0 Å². The highest BCUT2D eigenvalue weighted by atomic mass is 16.2. The zero-order chi connectivity index (χ0) is 27.6. The summed E-state index contributed by atoms with van der Waals surface area (Å²) in [5, 5.41) is 5.93. The summed E-state index contributed by atoms with van der Waals surface area (Å²) in [6.07, 6.45) is 1.36. The Balaban J connectivity index is 1.38. The molecule has 1 aliphatic heterocycles. The number of aliphatic imine (C=N–C) groups is 1. The lowest BCUT2D eigenvalue weighted by atomic mass is 10.1. The molecule has 0 spiro atoms. The van der Waals surface area contributed by atoms with Gasteiger partial charge in [0.1, 0.15) is 16.9 Å². The standard InChI is InChI=1S/C30H23N7O3/c1-19-26-28(36(34-19)22-15-9-4-10-16-22)32-24(33-30(26)40)18-25(38)37-27(21-13-7-3-8-14-21)31-23(29(39)35-37)17-20-11-5-2-6-12-20/h2-17H,18H2,1H3,(H,35,39)(H,32,33,40)/b23-17+. The fraction of sp³-hybridized carbons (Fsp3) is 0.0667. The normalized spacial score (nSPS) is 14.3. The van der Waals surface area contributed by atoms with E-state index in [1.165, 1.54) is 0 Å². The van der Waals surface area contributed by atoms with Crippen molar-refractivity contribution in [2.45, 2.75) is 13.3 Å². The van der Waals surface area contributed by atoms with Gasteiger partial charge in [0, 0.05) is 5.56 Å². The van der Waals surface area contributed by atoms with E-state index in [0.717, 1.165) is 16.3 Å². The number of amidine groups is 1. The second-order valence-corrected chi connectivity index (χ2v) is 9.13. The molecule has 40 heavy (non-hydrogen) atoms. The summed E-state index contributed by atoms with van der Waals surface area (Å²) in [6.45, 7) is 1.73. The Bertz CT molecular complexity index is 1860. The van der Waals surface area contributed by atoms with Crippen LogP contribution in [-0.4, -0.2) is 42.4 Å². The Labute approximate surface area is 228 Å². The number of benzene rings is 3. The van der Waals surface area contributed by atoms with Gasteiger partial charge in [0.2, 0.25) is 0 Å². The second kappa shape index (κ2) is 10.3.